The number of carbonyl (C=O) groups is 3. The molecule has 1 aromatic heterocycles. The molecule has 2 heterocycles. The van der Waals surface area contributed by atoms with Crippen LogP contribution in [0.15, 0.2) is 66.4 Å². The molecule has 0 radical (unpaired) electrons. The number of aliphatic hydroxyl groups is 1. The summed E-state index contributed by atoms with van der Waals surface area (Å²) in [4.78, 5) is 45.0. The first-order valence-corrected chi connectivity index (χ1v) is 12.8. The molecule has 1 amide bonds. The van der Waals surface area contributed by atoms with Gasteiger partial charge in [0.15, 0.2) is 0 Å². The molecule has 1 aliphatic heterocycles. The standard InChI is InChI=1S/C31H32N2O6/c1-17(2)22-16-23(19(5)15-25(22)38-6)28(34)26-27(24-9-7-8-14-32-24)33(30(36)29(26)35)21-12-10-20(11-13-21)31(37)39-18(3)4/h7-18,27,34H,1-6H3/b28-26+. The van der Waals surface area contributed by atoms with E-state index in [2.05, 4.69) is 4.98 Å². The van der Waals surface area contributed by atoms with Gasteiger partial charge in [0.05, 0.1) is 30.0 Å². The molecule has 1 aliphatic rings. The van der Waals surface area contributed by atoms with Crippen LogP contribution in [0.5, 0.6) is 5.75 Å². The summed E-state index contributed by atoms with van der Waals surface area (Å²) in [5.41, 5.74) is 3.02. The summed E-state index contributed by atoms with van der Waals surface area (Å²) in [6.45, 7) is 9.33. The van der Waals surface area contributed by atoms with Gasteiger partial charge in [0.25, 0.3) is 11.7 Å². The monoisotopic (exact) mass is 528 g/mol. The third-order valence-corrected chi connectivity index (χ3v) is 6.59. The van der Waals surface area contributed by atoms with Crippen LogP contribution in [0.2, 0.25) is 0 Å². The molecule has 8 heteroatoms. The van der Waals surface area contributed by atoms with E-state index in [1.807, 2.05) is 26.8 Å². The highest BCUT2D eigenvalue weighted by molar-refractivity contribution is 6.51. The fourth-order valence-electron chi connectivity index (χ4n) is 4.68. The number of ketones is 1. The molecule has 2 aromatic carbocycles. The van der Waals surface area contributed by atoms with Crippen molar-refractivity contribution < 1.29 is 29.0 Å². The number of nitrogens with zero attached hydrogens (tertiary/aromatic N) is 2. The smallest absolute Gasteiger partial charge is 0.338 e. The van der Waals surface area contributed by atoms with Gasteiger partial charge in [-0.25, -0.2) is 4.79 Å². The molecule has 1 saturated heterocycles. The van der Waals surface area contributed by atoms with E-state index in [1.165, 1.54) is 17.0 Å². The van der Waals surface area contributed by atoms with Crippen LogP contribution in [0.25, 0.3) is 5.76 Å². The Labute approximate surface area is 227 Å². The van der Waals surface area contributed by atoms with Gasteiger partial charge < -0.3 is 14.6 Å². The van der Waals surface area contributed by atoms with E-state index < -0.39 is 23.7 Å². The third kappa shape index (κ3) is 5.27. The Balaban J connectivity index is 1.88. The summed E-state index contributed by atoms with van der Waals surface area (Å²) in [7, 11) is 1.58. The van der Waals surface area contributed by atoms with Crippen molar-refractivity contribution >= 4 is 29.1 Å². The maximum absolute atomic E-state index is 13.5. The number of ether oxygens (including phenoxy) is 2. The fourth-order valence-corrected chi connectivity index (χ4v) is 4.68. The molecule has 8 nitrogen and oxygen atoms in total. The Morgan fingerprint density at radius 1 is 1.03 bits per heavy atom. The quantitative estimate of drug-likeness (QED) is 0.181. The van der Waals surface area contributed by atoms with Gasteiger partial charge in [-0.1, -0.05) is 19.9 Å². The predicted octanol–water partition coefficient (Wildman–Crippen LogP) is 5.71. The Bertz CT molecular complexity index is 1440. The zero-order valence-corrected chi connectivity index (χ0v) is 22.9. The van der Waals surface area contributed by atoms with E-state index in [-0.39, 0.29) is 23.4 Å². The number of carbonyl (C=O) groups excluding carboxylic acids is 3. The van der Waals surface area contributed by atoms with Crippen molar-refractivity contribution in [3.63, 3.8) is 0 Å². The highest BCUT2D eigenvalue weighted by Crippen LogP contribution is 2.43. The number of anilines is 1. The molecule has 39 heavy (non-hydrogen) atoms. The van der Waals surface area contributed by atoms with E-state index >= 15 is 0 Å². The average Bonchev–Trinajstić information content (AvgIpc) is 3.18. The molecule has 202 valence electrons. The first-order valence-electron chi connectivity index (χ1n) is 12.8. The van der Waals surface area contributed by atoms with Crippen molar-refractivity contribution in [2.24, 2.45) is 0 Å². The number of hydrogen-bond acceptors (Lipinski definition) is 7. The number of pyridine rings is 1. The molecular formula is C31H32N2O6. The summed E-state index contributed by atoms with van der Waals surface area (Å²) in [6, 6.07) is 14.0. The Kier molecular flexibility index (Phi) is 7.85. The summed E-state index contributed by atoms with van der Waals surface area (Å²) in [6.07, 6.45) is 1.28. The molecule has 1 unspecified atom stereocenters. The minimum atomic E-state index is -0.983. The topological polar surface area (TPSA) is 106 Å². The number of Topliss-reactive ketones (excluding diaryl/α,β-unsaturated/α-hetero) is 1. The van der Waals surface area contributed by atoms with Crippen LogP contribution in [-0.4, -0.2) is 41.0 Å². The van der Waals surface area contributed by atoms with Crippen LogP contribution in [-0.2, 0) is 14.3 Å². The number of aromatic nitrogens is 1. The van der Waals surface area contributed by atoms with Crippen LogP contribution in [0.1, 0.15) is 72.4 Å². The van der Waals surface area contributed by atoms with Crippen LogP contribution < -0.4 is 9.64 Å². The van der Waals surface area contributed by atoms with Gasteiger partial charge in [0, 0.05) is 17.4 Å². The molecule has 0 saturated carbocycles. The minimum absolute atomic E-state index is 0.0648. The number of hydrogen-bond donors (Lipinski definition) is 1. The zero-order chi connectivity index (χ0) is 28.4. The van der Waals surface area contributed by atoms with E-state index in [4.69, 9.17) is 9.47 Å². The van der Waals surface area contributed by atoms with Gasteiger partial charge in [-0.05, 0) is 86.3 Å². The largest absolute Gasteiger partial charge is 0.507 e. The molecule has 0 aliphatic carbocycles. The van der Waals surface area contributed by atoms with Crippen LogP contribution in [0.3, 0.4) is 0 Å². The maximum Gasteiger partial charge on any atom is 0.338 e. The summed E-state index contributed by atoms with van der Waals surface area (Å²) < 4.78 is 10.8. The van der Waals surface area contributed by atoms with Gasteiger partial charge in [0.1, 0.15) is 17.6 Å². The highest BCUT2D eigenvalue weighted by Gasteiger charge is 2.47. The zero-order valence-electron chi connectivity index (χ0n) is 22.9. The second-order valence-corrected chi connectivity index (χ2v) is 9.99. The summed E-state index contributed by atoms with van der Waals surface area (Å²) in [5, 5.41) is 11.6. The molecule has 1 fully saturated rings. The van der Waals surface area contributed by atoms with Crippen molar-refractivity contribution in [2.45, 2.75) is 52.7 Å². The third-order valence-electron chi connectivity index (χ3n) is 6.59. The molecule has 1 atom stereocenters. The number of methoxy groups -OCH3 is 1. The number of aryl methyl sites for hydroxylation is 1. The highest BCUT2D eigenvalue weighted by atomic mass is 16.5. The summed E-state index contributed by atoms with van der Waals surface area (Å²) >= 11 is 0. The normalized spacial score (nSPS) is 16.7. The molecule has 1 N–H and O–H groups in total. The van der Waals surface area contributed by atoms with Gasteiger partial charge in [-0.2, -0.15) is 0 Å². The lowest BCUT2D eigenvalue weighted by Crippen LogP contribution is -2.29. The Hall–Kier alpha value is -4.46. The van der Waals surface area contributed by atoms with Crippen molar-refractivity contribution in [2.75, 3.05) is 12.0 Å². The second kappa shape index (κ2) is 11.1. The molecular weight excluding hydrogens is 496 g/mol. The second-order valence-electron chi connectivity index (χ2n) is 9.99. The summed E-state index contributed by atoms with van der Waals surface area (Å²) in [5.74, 6) is -1.65. The van der Waals surface area contributed by atoms with Crippen molar-refractivity contribution in [1.82, 2.24) is 4.98 Å². The van der Waals surface area contributed by atoms with E-state index in [9.17, 15) is 19.5 Å². The van der Waals surface area contributed by atoms with E-state index in [0.29, 0.717) is 33.8 Å². The van der Waals surface area contributed by atoms with Crippen molar-refractivity contribution in [1.29, 1.82) is 0 Å². The average molecular weight is 529 g/mol. The van der Waals surface area contributed by atoms with Crippen LogP contribution in [0.4, 0.5) is 5.69 Å². The lowest BCUT2D eigenvalue weighted by Gasteiger charge is -2.25. The lowest BCUT2D eigenvalue weighted by molar-refractivity contribution is -0.132. The minimum Gasteiger partial charge on any atom is -0.507 e. The van der Waals surface area contributed by atoms with E-state index in [0.717, 1.165) is 5.56 Å². The van der Waals surface area contributed by atoms with Crippen LogP contribution in [0, 0.1) is 6.92 Å². The number of rotatable bonds is 7. The first kappa shape index (κ1) is 27.6. The van der Waals surface area contributed by atoms with Crippen LogP contribution >= 0.6 is 0 Å². The van der Waals surface area contributed by atoms with Gasteiger partial charge in [0.2, 0.25) is 0 Å². The Morgan fingerprint density at radius 2 is 1.72 bits per heavy atom. The van der Waals surface area contributed by atoms with Crippen molar-refractivity contribution in [3.05, 3.63) is 94.3 Å². The number of benzene rings is 2. The van der Waals surface area contributed by atoms with Gasteiger partial charge in [-0.3, -0.25) is 19.5 Å². The Morgan fingerprint density at radius 3 is 2.28 bits per heavy atom. The maximum atomic E-state index is 13.5. The first-order chi connectivity index (χ1) is 18.5. The van der Waals surface area contributed by atoms with Crippen molar-refractivity contribution in [3.8, 4) is 5.75 Å². The lowest BCUT2D eigenvalue weighted by atomic mass is 9.92. The van der Waals surface area contributed by atoms with E-state index in [1.54, 1.807) is 63.6 Å². The fraction of sp³-hybridized carbons (Fsp3) is 0.290. The number of amides is 1. The van der Waals surface area contributed by atoms with Gasteiger partial charge in [-0.15, -0.1) is 0 Å². The molecule has 0 bridgehead atoms. The number of esters is 1. The SMILES string of the molecule is COc1cc(C)c(/C(O)=C2\C(=O)C(=O)N(c3ccc(C(=O)OC(C)C)cc3)C2c2ccccn2)cc1C(C)C. The number of aliphatic hydroxyl groups excluding tert-OH is 1. The van der Waals surface area contributed by atoms with Gasteiger partial charge >= 0.3 is 5.97 Å². The molecule has 4 rings (SSSR count). The predicted molar refractivity (Wildman–Crippen MR) is 148 cm³/mol. The molecule has 0 spiro atoms. The molecule has 3 aromatic rings.